The van der Waals surface area contributed by atoms with Gasteiger partial charge in [-0.1, -0.05) is 13.8 Å². The maximum Gasteiger partial charge on any atom is 0.0270 e. The van der Waals surface area contributed by atoms with Crippen molar-refractivity contribution < 1.29 is 0 Å². The van der Waals surface area contributed by atoms with Gasteiger partial charge < -0.3 is 5.32 Å². The van der Waals surface area contributed by atoms with E-state index in [1.807, 2.05) is 23.7 Å². The fourth-order valence-corrected chi connectivity index (χ4v) is 3.31. The van der Waals surface area contributed by atoms with Crippen LogP contribution in [0.5, 0.6) is 0 Å². The molecule has 0 aliphatic heterocycles. The normalized spacial score (nSPS) is 12.5. The van der Waals surface area contributed by atoms with E-state index >= 15 is 0 Å². The van der Waals surface area contributed by atoms with Crippen molar-refractivity contribution in [2.75, 3.05) is 6.54 Å². The molecular formula is C16H22N2S. The van der Waals surface area contributed by atoms with E-state index in [4.69, 9.17) is 0 Å². The predicted molar refractivity (Wildman–Crippen MR) is 82.8 cm³/mol. The molecule has 1 atom stereocenters. The highest BCUT2D eigenvalue weighted by atomic mass is 32.1. The number of thiophene rings is 1. The number of nitrogens with one attached hydrogen (secondary N) is 1. The number of hydrogen-bond acceptors (Lipinski definition) is 3. The zero-order valence-corrected chi connectivity index (χ0v) is 12.5. The van der Waals surface area contributed by atoms with Crippen molar-refractivity contribution in [3.8, 4) is 0 Å². The molecule has 0 bridgehead atoms. The standard InChI is InChI=1S/C16H22N2S/c1-3-15-5-6-16(19-15)12-14(18-4-2)11-13-7-9-17-10-8-13/h5-10,14,18H,3-4,11-12H2,1-2H3. The summed E-state index contributed by atoms with van der Waals surface area (Å²) in [6, 6.07) is 9.26. The van der Waals surface area contributed by atoms with Crippen molar-refractivity contribution in [2.45, 2.75) is 39.2 Å². The minimum atomic E-state index is 0.510. The lowest BCUT2D eigenvalue weighted by atomic mass is 10.0. The molecule has 1 N–H and O–H groups in total. The number of aromatic nitrogens is 1. The van der Waals surface area contributed by atoms with Crippen LogP contribution < -0.4 is 5.32 Å². The second-order valence-corrected chi connectivity index (χ2v) is 5.99. The number of likely N-dealkylation sites (N-methyl/N-ethyl adjacent to an activating group) is 1. The SMILES string of the molecule is CCNC(Cc1ccncc1)Cc1ccc(CC)s1. The van der Waals surface area contributed by atoms with Gasteiger partial charge in [0.05, 0.1) is 0 Å². The summed E-state index contributed by atoms with van der Waals surface area (Å²) in [5.74, 6) is 0. The van der Waals surface area contributed by atoms with Crippen LogP contribution in [-0.4, -0.2) is 17.6 Å². The molecule has 2 heterocycles. The second-order valence-electron chi connectivity index (χ2n) is 4.74. The molecule has 2 rings (SSSR count). The van der Waals surface area contributed by atoms with E-state index < -0.39 is 0 Å². The van der Waals surface area contributed by atoms with Crippen molar-refractivity contribution >= 4 is 11.3 Å². The Kier molecular flexibility index (Phi) is 5.55. The largest absolute Gasteiger partial charge is 0.314 e. The lowest BCUT2D eigenvalue weighted by Gasteiger charge is -2.17. The molecule has 1 unspecified atom stereocenters. The molecule has 102 valence electrons. The minimum absolute atomic E-state index is 0.510. The van der Waals surface area contributed by atoms with Crippen LogP contribution in [0.15, 0.2) is 36.7 Å². The van der Waals surface area contributed by atoms with Crippen molar-refractivity contribution in [3.05, 3.63) is 52.0 Å². The Bertz CT molecular complexity index is 479. The molecular weight excluding hydrogens is 252 g/mol. The third kappa shape index (κ3) is 4.44. The maximum absolute atomic E-state index is 4.08. The van der Waals surface area contributed by atoms with Crippen molar-refractivity contribution in [1.29, 1.82) is 0 Å². The quantitative estimate of drug-likeness (QED) is 0.836. The van der Waals surface area contributed by atoms with E-state index in [0.29, 0.717) is 6.04 Å². The molecule has 19 heavy (non-hydrogen) atoms. The molecule has 0 fully saturated rings. The second kappa shape index (κ2) is 7.41. The van der Waals surface area contributed by atoms with E-state index in [0.717, 1.165) is 25.8 Å². The highest BCUT2D eigenvalue weighted by molar-refractivity contribution is 7.11. The lowest BCUT2D eigenvalue weighted by molar-refractivity contribution is 0.524. The molecule has 2 nitrogen and oxygen atoms in total. The van der Waals surface area contributed by atoms with Crippen LogP contribution in [0.2, 0.25) is 0 Å². The first-order valence-electron chi connectivity index (χ1n) is 7.01. The van der Waals surface area contributed by atoms with Crippen molar-refractivity contribution in [2.24, 2.45) is 0 Å². The smallest absolute Gasteiger partial charge is 0.0270 e. The summed E-state index contributed by atoms with van der Waals surface area (Å²) in [6.07, 6.45) is 7.06. The molecule has 0 spiro atoms. The zero-order chi connectivity index (χ0) is 13.5. The first kappa shape index (κ1) is 14.2. The van der Waals surface area contributed by atoms with Gasteiger partial charge in [-0.25, -0.2) is 0 Å². The lowest BCUT2D eigenvalue weighted by Crippen LogP contribution is -2.32. The maximum atomic E-state index is 4.08. The molecule has 0 saturated carbocycles. The molecule has 0 aromatic carbocycles. The van der Waals surface area contributed by atoms with Gasteiger partial charge in [-0.05, 0) is 55.6 Å². The van der Waals surface area contributed by atoms with E-state index in [1.165, 1.54) is 15.3 Å². The molecule has 0 amide bonds. The fraction of sp³-hybridized carbons (Fsp3) is 0.438. The van der Waals surface area contributed by atoms with Crippen LogP contribution in [0.1, 0.15) is 29.2 Å². The Balaban J connectivity index is 1.99. The average molecular weight is 274 g/mol. The monoisotopic (exact) mass is 274 g/mol. The fourth-order valence-electron chi connectivity index (χ4n) is 2.27. The molecule has 0 radical (unpaired) electrons. The highest BCUT2D eigenvalue weighted by Crippen LogP contribution is 2.19. The van der Waals surface area contributed by atoms with Gasteiger partial charge in [0, 0.05) is 28.2 Å². The summed E-state index contributed by atoms with van der Waals surface area (Å²) in [7, 11) is 0. The van der Waals surface area contributed by atoms with E-state index in [1.54, 1.807) is 0 Å². The third-order valence-corrected chi connectivity index (χ3v) is 4.49. The van der Waals surface area contributed by atoms with Crippen molar-refractivity contribution in [3.63, 3.8) is 0 Å². The summed E-state index contributed by atoms with van der Waals surface area (Å²) >= 11 is 1.95. The summed E-state index contributed by atoms with van der Waals surface area (Å²) in [4.78, 5) is 7.04. The van der Waals surface area contributed by atoms with Crippen LogP contribution in [0.4, 0.5) is 0 Å². The Labute approximate surface area is 119 Å². The van der Waals surface area contributed by atoms with Crippen molar-refractivity contribution in [1.82, 2.24) is 10.3 Å². The molecule has 2 aromatic rings. The van der Waals surface area contributed by atoms with Gasteiger partial charge in [0.1, 0.15) is 0 Å². The number of pyridine rings is 1. The highest BCUT2D eigenvalue weighted by Gasteiger charge is 2.11. The van der Waals surface area contributed by atoms with Gasteiger partial charge in [-0.15, -0.1) is 11.3 Å². The minimum Gasteiger partial charge on any atom is -0.314 e. The Hall–Kier alpha value is -1.19. The van der Waals surface area contributed by atoms with Gasteiger partial charge in [0.2, 0.25) is 0 Å². The zero-order valence-electron chi connectivity index (χ0n) is 11.7. The Morgan fingerprint density at radius 3 is 2.42 bits per heavy atom. The topological polar surface area (TPSA) is 24.9 Å². The molecule has 0 aliphatic rings. The van der Waals surface area contributed by atoms with Crippen LogP contribution in [-0.2, 0) is 19.3 Å². The third-order valence-electron chi connectivity index (χ3n) is 3.24. The predicted octanol–water partition coefficient (Wildman–Crippen LogP) is 3.47. The summed E-state index contributed by atoms with van der Waals surface area (Å²) in [5.41, 5.74) is 1.35. The van der Waals surface area contributed by atoms with E-state index in [-0.39, 0.29) is 0 Å². The number of nitrogens with zero attached hydrogens (tertiary/aromatic N) is 1. The summed E-state index contributed by atoms with van der Waals surface area (Å²) in [5, 5.41) is 3.59. The van der Waals surface area contributed by atoms with Crippen LogP contribution >= 0.6 is 11.3 Å². The van der Waals surface area contributed by atoms with Gasteiger partial charge in [-0.3, -0.25) is 4.98 Å². The summed E-state index contributed by atoms with van der Waals surface area (Å²) in [6.45, 7) is 5.40. The first-order chi connectivity index (χ1) is 9.31. The first-order valence-corrected chi connectivity index (χ1v) is 7.83. The van der Waals surface area contributed by atoms with Crippen LogP contribution in [0, 0.1) is 0 Å². The number of rotatable bonds is 7. The van der Waals surface area contributed by atoms with Crippen LogP contribution in [0.3, 0.4) is 0 Å². The van der Waals surface area contributed by atoms with Gasteiger partial charge in [-0.2, -0.15) is 0 Å². The van der Waals surface area contributed by atoms with E-state index in [2.05, 4.69) is 48.4 Å². The van der Waals surface area contributed by atoms with Crippen LogP contribution in [0.25, 0.3) is 0 Å². The molecule has 0 aliphatic carbocycles. The van der Waals surface area contributed by atoms with Gasteiger partial charge in [0.15, 0.2) is 0 Å². The number of aryl methyl sites for hydroxylation is 1. The molecule has 0 saturated heterocycles. The van der Waals surface area contributed by atoms with E-state index in [9.17, 15) is 0 Å². The van der Waals surface area contributed by atoms with Gasteiger partial charge >= 0.3 is 0 Å². The van der Waals surface area contributed by atoms with Gasteiger partial charge in [0.25, 0.3) is 0 Å². The Morgan fingerprint density at radius 2 is 1.79 bits per heavy atom. The average Bonchev–Trinajstić information content (AvgIpc) is 2.88. The number of hydrogen-bond donors (Lipinski definition) is 1. The molecule has 2 aromatic heterocycles. The molecule has 3 heteroatoms. The Morgan fingerprint density at radius 1 is 1.05 bits per heavy atom. The summed E-state index contributed by atoms with van der Waals surface area (Å²) < 4.78 is 0.